The lowest BCUT2D eigenvalue weighted by Gasteiger charge is -2.01. The van der Waals surface area contributed by atoms with E-state index in [4.69, 9.17) is 4.74 Å². The van der Waals surface area contributed by atoms with Crippen LogP contribution in [0.15, 0.2) is 41.3 Å². The third-order valence-corrected chi connectivity index (χ3v) is 5.44. The van der Waals surface area contributed by atoms with Gasteiger partial charge in [-0.15, -0.1) is 11.3 Å². The summed E-state index contributed by atoms with van der Waals surface area (Å²) in [7, 11) is 3.57. The van der Waals surface area contributed by atoms with Gasteiger partial charge < -0.3 is 4.74 Å². The summed E-state index contributed by atoms with van der Waals surface area (Å²) >= 11 is 5.37. The van der Waals surface area contributed by atoms with E-state index in [0.717, 1.165) is 31.9 Å². The smallest absolute Gasteiger partial charge is 0.165 e. The fraction of sp³-hybridized carbons (Fsp3) is 0.125. The van der Waals surface area contributed by atoms with Crippen LogP contribution >= 0.6 is 27.3 Å². The van der Waals surface area contributed by atoms with Crippen molar-refractivity contribution in [2.75, 3.05) is 7.11 Å². The van der Waals surface area contributed by atoms with E-state index in [1.807, 2.05) is 19.4 Å². The summed E-state index contributed by atoms with van der Waals surface area (Å²) < 4.78 is 9.41. The third-order valence-electron chi connectivity index (χ3n) is 3.68. The lowest BCUT2D eigenvalue weighted by molar-refractivity contribution is 0.416. The number of H-pyrrole nitrogens is 1. The van der Waals surface area contributed by atoms with Gasteiger partial charge >= 0.3 is 0 Å². The Bertz CT molecular complexity index is 1000. The van der Waals surface area contributed by atoms with E-state index in [1.54, 1.807) is 29.3 Å². The Morgan fingerprint density at radius 1 is 1.30 bits per heavy atom. The first kappa shape index (κ1) is 14.5. The largest absolute Gasteiger partial charge is 0.493 e. The molecule has 3 aromatic heterocycles. The number of benzene rings is 1. The van der Waals surface area contributed by atoms with Crippen molar-refractivity contribution in [2.45, 2.75) is 0 Å². The van der Waals surface area contributed by atoms with Crippen LogP contribution in [0.1, 0.15) is 0 Å². The minimum Gasteiger partial charge on any atom is -0.493 e. The molecular weight excluding hydrogens is 376 g/mol. The van der Waals surface area contributed by atoms with Crippen LogP contribution in [0.3, 0.4) is 0 Å². The van der Waals surface area contributed by atoms with Gasteiger partial charge in [-0.05, 0) is 23.6 Å². The van der Waals surface area contributed by atoms with E-state index in [2.05, 4.69) is 49.4 Å². The summed E-state index contributed by atoms with van der Waals surface area (Å²) in [6.45, 7) is 0. The molecule has 0 amide bonds. The molecule has 0 aliphatic carbocycles. The number of hydrogen-bond acceptors (Lipinski definition) is 4. The zero-order valence-electron chi connectivity index (χ0n) is 12.5. The van der Waals surface area contributed by atoms with Crippen LogP contribution in [0.5, 0.6) is 5.75 Å². The van der Waals surface area contributed by atoms with E-state index < -0.39 is 0 Å². The monoisotopic (exact) mass is 388 g/mol. The fourth-order valence-corrected chi connectivity index (χ4v) is 4.24. The van der Waals surface area contributed by atoms with E-state index in [0.29, 0.717) is 0 Å². The molecule has 0 saturated heterocycles. The zero-order valence-corrected chi connectivity index (χ0v) is 14.9. The number of thiophene rings is 1. The van der Waals surface area contributed by atoms with Gasteiger partial charge in [0.15, 0.2) is 5.75 Å². The molecule has 7 heteroatoms. The van der Waals surface area contributed by atoms with Crippen molar-refractivity contribution >= 4 is 37.4 Å². The Morgan fingerprint density at radius 3 is 2.91 bits per heavy atom. The van der Waals surface area contributed by atoms with Crippen LogP contribution in [-0.2, 0) is 7.05 Å². The minimum atomic E-state index is 0.753. The van der Waals surface area contributed by atoms with Gasteiger partial charge in [0, 0.05) is 33.5 Å². The topological polar surface area (TPSA) is 55.7 Å². The van der Waals surface area contributed by atoms with Gasteiger partial charge in [0.2, 0.25) is 0 Å². The van der Waals surface area contributed by atoms with Crippen LogP contribution in [0.4, 0.5) is 0 Å². The van der Waals surface area contributed by atoms with E-state index in [1.165, 1.54) is 10.1 Å². The molecule has 0 aliphatic heterocycles. The van der Waals surface area contributed by atoms with Gasteiger partial charge in [0.1, 0.15) is 5.69 Å². The number of fused-ring (bicyclic) bond motifs is 1. The van der Waals surface area contributed by atoms with Crippen LogP contribution in [0.2, 0.25) is 0 Å². The first-order valence-electron chi connectivity index (χ1n) is 6.96. The average Bonchev–Trinajstić information content (AvgIpc) is 3.23. The Balaban J connectivity index is 1.86. The molecule has 3 heterocycles. The molecule has 0 saturated carbocycles. The second-order valence-corrected chi connectivity index (χ2v) is 7.12. The summed E-state index contributed by atoms with van der Waals surface area (Å²) in [6, 6.07) is 6.46. The summed E-state index contributed by atoms with van der Waals surface area (Å²) in [5, 5.41) is 12.6. The number of rotatable bonds is 3. The Kier molecular flexibility index (Phi) is 3.46. The molecule has 0 spiro atoms. The lowest BCUT2D eigenvalue weighted by atomic mass is 10.1. The maximum Gasteiger partial charge on any atom is 0.165 e. The highest BCUT2D eigenvalue weighted by atomic mass is 79.9. The van der Waals surface area contributed by atoms with Crippen LogP contribution in [0, 0.1) is 0 Å². The molecule has 0 bridgehead atoms. The molecule has 0 radical (unpaired) electrons. The van der Waals surface area contributed by atoms with Crippen molar-refractivity contribution in [3.8, 4) is 27.4 Å². The summed E-state index contributed by atoms with van der Waals surface area (Å²) in [4.78, 5) is 1.08. The van der Waals surface area contributed by atoms with Gasteiger partial charge in [-0.2, -0.15) is 10.2 Å². The number of nitrogens with zero attached hydrogens (tertiary/aromatic N) is 3. The maximum atomic E-state index is 5.35. The zero-order chi connectivity index (χ0) is 16.0. The molecule has 0 aliphatic rings. The lowest BCUT2D eigenvalue weighted by Crippen LogP contribution is -1.84. The van der Waals surface area contributed by atoms with Gasteiger partial charge in [-0.1, -0.05) is 15.9 Å². The highest BCUT2D eigenvalue weighted by Crippen LogP contribution is 2.40. The van der Waals surface area contributed by atoms with Crippen molar-refractivity contribution in [3.63, 3.8) is 0 Å². The number of aromatic amines is 1. The minimum absolute atomic E-state index is 0.753. The van der Waals surface area contributed by atoms with E-state index in [9.17, 15) is 0 Å². The maximum absolute atomic E-state index is 5.35. The number of hydrogen-bond donors (Lipinski definition) is 1. The second kappa shape index (κ2) is 5.50. The van der Waals surface area contributed by atoms with E-state index >= 15 is 0 Å². The van der Waals surface area contributed by atoms with Crippen LogP contribution < -0.4 is 4.74 Å². The Labute approximate surface area is 145 Å². The quantitative estimate of drug-likeness (QED) is 0.563. The van der Waals surface area contributed by atoms with Crippen LogP contribution in [0.25, 0.3) is 31.8 Å². The van der Waals surface area contributed by atoms with E-state index in [-0.39, 0.29) is 0 Å². The number of aryl methyl sites for hydroxylation is 1. The first-order valence-corrected chi connectivity index (χ1v) is 8.57. The molecule has 0 fully saturated rings. The molecular formula is C16H13BrN4OS. The first-order chi connectivity index (χ1) is 11.2. The van der Waals surface area contributed by atoms with Crippen molar-refractivity contribution < 1.29 is 4.74 Å². The molecule has 4 aromatic rings. The number of ether oxygens (including phenoxy) is 1. The number of halogens is 1. The standard InChI is InChI=1S/C16H13BrN4OS/c1-21-8-10(6-19-21)11-5-14-9(3-12(11)17)4-15(23-14)16-13(22-2)7-18-20-16/h3-8H,1-2H3,(H,18,20). The number of nitrogens with one attached hydrogen (secondary N) is 1. The summed E-state index contributed by atoms with van der Waals surface area (Å²) in [5.41, 5.74) is 3.06. The van der Waals surface area contributed by atoms with Gasteiger partial charge in [-0.25, -0.2) is 0 Å². The summed E-state index contributed by atoms with van der Waals surface area (Å²) in [6.07, 6.45) is 5.64. The molecule has 4 rings (SSSR count). The predicted octanol–water partition coefficient (Wildman–Crippen LogP) is 4.46. The van der Waals surface area contributed by atoms with Crippen molar-refractivity contribution in [2.24, 2.45) is 7.05 Å². The summed E-state index contributed by atoms with van der Waals surface area (Å²) in [5.74, 6) is 0.753. The molecule has 0 unspecified atom stereocenters. The Hall–Kier alpha value is -2.12. The molecule has 5 nitrogen and oxygen atoms in total. The second-order valence-electron chi connectivity index (χ2n) is 5.19. The van der Waals surface area contributed by atoms with Gasteiger partial charge in [0.05, 0.1) is 24.4 Å². The van der Waals surface area contributed by atoms with Crippen molar-refractivity contribution in [1.29, 1.82) is 0 Å². The molecule has 0 atom stereocenters. The SMILES string of the molecule is COc1c[nH]nc1-c1cc2cc(Br)c(-c3cnn(C)c3)cc2s1. The highest BCUT2D eigenvalue weighted by Gasteiger charge is 2.14. The van der Waals surface area contributed by atoms with Crippen molar-refractivity contribution in [3.05, 3.63) is 41.3 Å². The number of methoxy groups -OCH3 is 1. The van der Waals surface area contributed by atoms with Gasteiger partial charge in [0.25, 0.3) is 0 Å². The highest BCUT2D eigenvalue weighted by molar-refractivity contribution is 9.10. The molecule has 1 N–H and O–H groups in total. The van der Waals surface area contributed by atoms with Crippen LogP contribution in [-0.4, -0.2) is 27.1 Å². The molecule has 23 heavy (non-hydrogen) atoms. The fourth-order valence-electron chi connectivity index (χ4n) is 2.57. The molecule has 1 aromatic carbocycles. The normalized spacial score (nSPS) is 11.3. The Morgan fingerprint density at radius 2 is 2.17 bits per heavy atom. The third kappa shape index (κ3) is 2.46. The average molecular weight is 389 g/mol. The van der Waals surface area contributed by atoms with Crippen molar-refractivity contribution in [1.82, 2.24) is 20.0 Å². The predicted molar refractivity (Wildman–Crippen MR) is 95.9 cm³/mol. The van der Waals surface area contributed by atoms with Gasteiger partial charge in [-0.3, -0.25) is 9.78 Å². The molecule has 116 valence electrons. The number of aromatic nitrogens is 4.